The fourth-order valence-electron chi connectivity index (χ4n) is 2.93. The van der Waals surface area contributed by atoms with Crippen LogP contribution in [0.25, 0.3) is 6.08 Å². The number of carbonyl (C=O) groups excluding carboxylic acids is 1. The maximum Gasteiger partial charge on any atom is 0.269 e. The van der Waals surface area contributed by atoms with E-state index in [1.807, 2.05) is 6.07 Å². The summed E-state index contributed by atoms with van der Waals surface area (Å²) in [5.74, 6) is 0.0663. The normalized spacial score (nSPS) is 10.9. The Morgan fingerprint density at radius 1 is 1.17 bits per heavy atom. The molecule has 0 fully saturated rings. The van der Waals surface area contributed by atoms with Gasteiger partial charge in [0, 0.05) is 22.3 Å². The molecule has 1 amide bonds. The Labute approximate surface area is 219 Å². The van der Waals surface area contributed by atoms with Gasteiger partial charge in [0.05, 0.1) is 22.1 Å². The van der Waals surface area contributed by atoms with Crippen molar-refractivity contribution in [3.8, 4) is 17.6 Å². The van der Waals surface area contributed by atoms with Crippen LogP contribution in [0.4, 0.5) is 11.4 Å². The van der Waals surface area contributed by atoms with Crippen molar-refractivity contribution < 1.29 is 19.2 Å². The fourth-order valence-corrected chi connectivity index (χ4v) is 3.67. The van der Waals surface area contributed by atoms with Gasteiger partial charge in [0.25, 0.3) is 11.6 Å². The number of hydrogen-bond donors (Lipinski definition) is 1. The molecule has 0 atom stereocenters. The van der Waals surface area contributed by atoms with E-state index in [0.717, 1.165) is 0 Å². The number of amides is 1. The molecular weight excluding hydrogens is 561 g/mol. The molecule has 0 unspecified atom stereocenters. The summed E-state index contributed by atoms with van der Waals surface area (Å²) in [4.78, 5) is 23.1. The third kappa shape index (κ3) is 6.73. The van der Waals surface area contributed by atoms with Crippen molar-refractivity contribution in [1.82, 2.24) is 0 Å². The number of nitro benzene ring substituents is 1. The van der Waals surface area contributed by atoms with Crippen LogP contribution in [0.3, 0.4) is 0 Å². The largest absolute Gasteiger partial charge is 0.493 e. The monoisotopic (exact) mass is 575 g/mol. The van der Waals surface area contributed by atoms with Crippen LogP contribution in [0.5, 0.6) is 11.5 Å². The average Bonchev–Trinajstić information content (AvgIpc) is 2.84. The Balaban J connectivity index is 1.82. The number of nitriles is 1. The fraction of sp³-hybridized carbons (Fsp3) is 0.0833. The summed E-state index contributed by atoms with van der Waals surface area (Å²) in [6, 6.07) is 15.8. The van der Waals surface area contributed by atoms with Crippen LogP contribution in [0.1, 0.15) is 11.1 Å². The molecule has 35 heavy (non-hydrogen) atoms. The summed E-state index contributed by atoms with van der Waals surface area (Å²) in [6.45, 7) is 0.0647. The second kappa shape index (κ2) is 11.7. The molecule has 0 saturated carbocycles. The van der Waals surface area contributed by atoms with Crippen molar-refractivity contribution >= 4 is 62.5 Å². The van der Waals surface area contributed by atoms with Crippen LogP contribution in [0, 0.1) is 21.4 Å². The van der Waals surface area contributed by atoms with E-state index in [2.05, 4.69) is 21.2 Å². The molecule has 0 aromatic heterocycles. The number of methoxy groups -OCH3 is 1. The van der Waals surface area contributed by atoms with E-state index in [1.54, 1.807) is 30.3 Å². The number of non-ortho nitro benzene ring substituents is 1. The lowest BCUT2D eigenvalue weighted by Gasteiger charge is -2.13. The lowest BCUT2D eigenvalue weighted by molar-refractivity contribution is -0.384. The lowest BCUT2D eigenvalue weighted by atomic mass is 10.1. The maximum absolute atomic E-state index is 12.6. The van der Waals surface area contributed by atoms with E-state index < -0.39 is 10.8 Å². The van der Waals surface area contributed by atoms with Crippen molar-refractivity contribution in [2.45, 2.75) is 6.61 Å². The number of nitro groups is 1. The van der Waals surface area contributed by atoms with E-state index >= 15 is 0 Å². The number of anilines is 1. The molecule has 0 heterocycles. The first-order valence-corrected chi connectivity index (χ1v) is 11.4. The van der Waals surface area contributed by atoms with E-state index in [0.29, 0.717) is 37.8 Å². The standard InChI is InChI=1S/C24H16BrCl2N3O5/c1-34-22-9-15(8-16(12-28)24(31)29-17-5-6-20(26)21(27)10-17)19(25)11-23(22)35-13-14-3-2-4-18(7-14)30(32)33/h2-11H,13H2,1H3,(H,29,31)/b16-8+. The Hall–Kier alpha value is -3.58. The summed E-state index contributed by atoms with van der Waals surface area (Å²) in [7, 11) is 1.44. The number of nitrogens with zero attached hydrogens (tertiary/aromatic N) is 2. The summed E-state index contributed by atoms with van der Waals surface area (Å²) >= 11 is 15.3. The van der Waals surface area contributed by atoms with Crippen LogP contribution in [-0.4, -0.2) is 17.9 Å². The van der Waals surface area contributed by atoms with Crippen LogP contribution in [0.2, 0.25) is 10.0 Å². The zero-order valence-corrected chi connectivity index (χ0v) is 21.1. The molecule has 0 spiro atoms. The topological polar surface area (TPSA) is 114 Å². The Kier molecular flexibility index (Phi) is 8.71. The highest BCUT2D eigenvalue weighted by Crippen LogP contribution is 2.35. The molecule has 0 aliphatic rings. The van der Waals surface area contributed by atoms with Gasteiger partial charge in [-0.25, -0.2) is 0 Å². The zero-order valence-electron chi connectivity index (χ0n) is 18.1. The average molecular weight is 577 g/mol. The quantitative estimate of drug-likeness (QED) is 0.136. The smallest absolute Gasteiger partial charge is 0.269 e. The molecule has 0 aliphatic carbocycles. The number of benzene rings is 3. The van der Waals surface area contributed by atoms with Gasteiger partial charge >= 0.3 is 0 Å². The Bertz CT molecular complexity index is 1370. The second-order valence-electron chi connectivity index (χ2n) is 6.99. The van der Waals surface area contributed by atoms with Gasteiger partial charge in [0.2, 0.25) is 0 Å². The number of ether oxygens (including phenoxy) is 2. The molecule has 3 aromatic rings. The number of carbonyl (C=O) groups is 1. The van der Waals surface area contributed by atoms with Gasteiger partial charge in [0.1, 0.15) is 18.2 Å². The predicted molar refractivity (Wildman–Crippen MR) is 137 cm³/mol. The summed E-state index contributed by atoms with van der Waals surface area (Å²) in [6.07, 6.45) is 1.39. The van der Waals surface area contributed by atoms with Crippen LogP contribution >= 0.6 is 39.1 Å². The van der Waals surface area contributed by atoms with Crippen LogP contribution in [0.15, 0.2) is 64.6 Å². The highest BCUT2D eigenvalue weighted by Gasteiger charge is 2.15. The lowest BCUT2D eigenvalue weighted by Crippen LogP contribution is -2.13. The van der Waals surface area contributed by atoms with E-state index in [1.165, 1.54) is 37.5 Å². The number of halogens is 3. The third-order valence-corrected chi connectivity index (χ3v) is 6.07. The maximum atomic E-state index is 12.6. The first-order chi connectivity index (χ1) is 16.7. The molecule has 0 radical (unpaired) electrons. The molecule has 1 N–H and O–H groups in total. The minimum Gasteiger partial charge on any atom is -0.493 e. The minimum atomic E-state index is -0.636. The highest BCUT2D eigenvalue weighted by atomic mass is 79.9. The van der Waals surface area contributed by atoms with Crippen molar-refractivity contribution in [3.63, 3.8) is 0 Å². The molecule has 3 aromatic carbocycles. The van der Waals surface area contributed by atoms with Gasteiger partial charge in [-0.05, 0) is 47.5 Å². The van der Waals surface area contributed by atoms with Crippen LogP contribution in [-0.2, 0) is 11.4 Å². The first kappa shape index (κ1) is 26.0. The number of hydrogen-bond acceptors (Lipinski definition) is 6. The Morgan fingerprint density at radius 2 is 1.94 bits per heavy atom. The molecule has 11 heteroatoms. The van der Waals surface area contributed by atoms with Gasteiger partial charge in [0.15, 0.2) is 11.5 Å². The van der Waals surface area contributed by atoms with Crippen molar-refractivity contribution in [3.05, 3.63) is 95.9 Å². The summed E-state index contributed by atoms with van der Waals surface area (Å²) < 4.78 is 11.7. The van der Waals surface area contributed by atoms with Crippen LogP contribution < -0.4 is 14.8 Å². The SMILES string of the molecule is COc1cc(/C=C(\C#N)C(=O)Nc2ccc(Cl)c(Cl)c2)c(Br)cc1OCc1cccc([N+](=O)[O-])c1. The van der Waals surface area contributed by atoms with Gasteiger partial charge < -0.3 is 14.8 Å². The van der Waals surface area contributed by atoms with Crippen molar-refractivity contribution in [2.75, 3.05) is 12.4 Å². The number of rotatable bonds is 8. The zero-order chi connectivity index (χ0) is 25.5. The molecule has 3 rings (SSSR count). The summed E-state index contributed by atoms with van der Waals surface area (Å²) in [5.41, 5.74) is 1.27. The highest BCUT2D eigenvalue weighted by molar-refractivity contribution is 9.10. The minimum absolute atomic E-state index is 0.0390. The molecule has 178 valence electrons. The van der Waals surface area contributed by atoms with Crippen molar-refractivity contribution in [2.24, 2.45) is 0 Å². The Morgan fingerprint density at radius 3 is 2.60 bits per heavy atom. The van der Waals surface area contributed by atoms with Gasteiger partial charge in [-0.1, -0.05) is 51.3 Å². The summed E-state index contributed by atoms with van der Waals surface area (Å²) in [5, 5.41) is 23.7. The molecule has 8 nitrogen and oxygen atoms in total. The van der Waals surface area contributed by atoms with E-state index in [-0.39, 0.29) is 22.9 Å². The second-order valence-corrected chi connectivity index (χ2v) is 8.66. The third-order valence-electron chi connectivity index (χ3n) is 4.64. The van der Waals surface area contributed by atoms with E-state index in [4.69, 9.17) is 32.7 Å². The van der Waals surface area contributed by atoms with Gasteiger partial charge in [-0.3, -0.25) is 14.9 Å². The van der Waals surface area contributed by atoms with Crippen molar-refractivity contribution in [1.29, 1.82) is 5.26 Å². The number of nitrogens with one attached hydrogen (secondary N) is 1. The molecule has 0 saturated heterocycles. The van der Waals surface area contributed by atoms with Gasteiger partial charge in [-0.15, -0.1) is 0 Å². The van der Waals surface area contributed by atoms with Gasteiger partial charge in [-0.2, -0.15) is 5.26 Å². The van der Waals surface area contributed by atoms with E-state index in [9.17, 15) is 20.2 Å². The predicted octanol–water partition coefficient (Wildman–Crippen LogP) is 6.80. The molecule has 0 aliphatic heterocycles. The molecular formula is C24H16BrCl2N3O5. The molecule has 0 bridgehead atoms. The first-order valence-electron chi connectivity index (χ1n) is 9.83.